The van der Waals surface area contributed by atoms with Gasteiger partial charge >= 0.3 is 0 Å². The lowest BCUT2D eigenvalue weighted by molar-refractivity contribution is 0.0980. The van der Waals surface area contributed by atoms with Crippen molar-refractivity contribution in [3.05, 3.63) is 82.1 Å². The van der Waals surface area contributed by atoms with E-state index >= 15 is 0 Å². The van der Waals surface area contributed by atoms with E-state index in [4.69, 9.17) is 32.7 Å². The molecule has 0 atom stereocenters. The minimum absolute atomic E-state index is 0.0988. The summed E-state index contributed by atoms with van der Waals surface area (Å²) in [5.41, 5.74) is 0.749. The summed E-state index contributed by atoms with van der Waals surface area (Å²) in [4.78, 5) is 16.3. The summed E-state index contributed by atoms with van der Waals surface area (Å²) in [5, 5.41) is 0.814. The number of rotatable bonds is 8. The van der Waals surface area contributed by atoms with Gasteiger partial charge in [-0.1, -0.05) is 23.2 Å². The Balaban J connectivity index is 1.67. The molecular formula is C21H18Cl2N2O5S. The van der Waals surface area contributed by atoms with Gasteiger partial charge in [0.05, 0.1) is 22.8 Å². The molecule has 10 heteroatoms. The summed E-state index contributed by atoms with van der Waals surface area (Å²) in [7, 11) is -4.08. The maximum atomic E-state index is 12.5. The van der Waals surface area contributed by atoms with Crippen molar-refractivity contribution in [3.8, 4) is 11.5 Å². The van der Waals surface area contributed by atoms with Gasteiger partial charge < -0.3 is 9.47 Å². The second-order valence-electron chi connectivity index (χ2n) is 6.29. The first-order chi connectivity index (χ1) is 14.8. The number of sulfonamides is 1. The van der Waals surface area contributed by atoms with E-state index in [1.54, 1.807) is 24.3 Å². The maximum absolute atomic E-state index is 12.5. The Kier molecular flexibility index (Phi) is 7.50. The number of ether oxygens (including phenoxy) is 2. The number of carbonyl (C=O) groups excluding carboxylic acids is 1. The Morgan fingerprint density at radius 2 is 1.68 bits per heavy atom. The number of nitrogens with one attached hydrogen (secondary N) is 1. The van der Waals surface area contributed by atoms with Crippen molar-refractivity contribution in [1.82, 2.24) is 9.71 Å². The molecule has 0 aliphatic rings. The fourth-order valence-corrected chi connectivity index (χ4v) is 3.98. The molecule has 0 bridgehead atoms. The Bertz CT molecular complexity index is 1150. The van der Waals surface area contributed by atoms with Gasteiger partial charge in [0.2, 0.25) is 0 Å². The van der Waals surface area contributed by atoms with Crippen LogP contribution >= 0.6 is 23.2 Å². The molecule has 0 spiro atoms. The summed E-state index contributed by atoms with van der Waals surface area (Å²) in [6, 6.07) is 13.4. The highest BCUT2D eigenvalue weighted by Crippen LogP contribution is 2.28. The van der Waals surface area contributed by atoms with Crippen molar-refractivity contribution in [2.24, 2.45) is 0 Å². The molecule has 162 valence electrons. The number of hydrogen-bond donors (Lipinski definition) is 1. The van der Waals surface area contributed by atoms with Gasteiger partial charge in [-0.3, -0.25) is 9.78 Å². The van der Waals surface area contributed by atoms with E-state index < -0.39 is 15.9 Å². The molecule has 0 saturated heterocycles. The smallest absolute Gasteiger partial charge is 0.266 e. The Hall–Kier alpha value is -2.65. The van der Waals surface area contributed by atoms with E-state index in [2.05, 4.69) is 4.98 Å². The first kappa shape index (κ1) is 23.0. The topological polar surface area (TPSA) is 94.6 Å². The third kappa shape index (κ3) is 6.41. The van der Waals surface area contributed by atoms with E-state index in [0.717, 1.165) is 0 Å². The fraction of sp³-hybridized carbons (Fsp3) is 0.143. The van der Waals surface area contributed by atoms with Crippen molar-refractivity contribution in [3.63, 3.8) is 0 Å². The van der Waals surface area contributed by atoms with Crippen molar-refractivity contribution in [1.29, 1.82) is 0 Å². The van der Waals surface area contributed by atoms with Gasteiger partial charge in [0, 0.05) is 22.8 Å². The maximum Gasteiger partial charge on any atom is 0.266 e. The summed E-state index contributed by atoms with van der Waals surface area (Å²) in [6.07, 6.45) is 1.30. The summed E-state index contributed by atoms with van der Waals surface area (Å²) < 4.78 is 38.0. The normalized spacial score (nSPS) is 11.2. The molecule has 0 aliphatic heterocycles. The molecule has 0 radical (unpaired) electrons. The largest absolute Gasteiger partial charge is 0.457 e. The average Bonchev–Trinajstić information content (AvgIpc) is 2.72. The summed E-state index contributed by atoms with van der Waals surface area (Å²) >= 11 is 11.9. The molecular weight excluding hydrogens is 463 g/mol. The van der Waals surface area contributed by atoms with E-state index in [0.29, 0.717) is 40.5 Å². The lowest BCUT2D eigenvalue weighted by Crippen LogP contribution is -2.30. The molecule has 1 N–H and O–H groups in total. The van der Waals surface area contributed by atoms with Crippen LogP contribution in [0, 0.1) is 0 Å². The Morgan fingerprint density at radius 3 is 2.26 bits per heavy atom. The lowest BCUT2D eigenvalue weighted by atomic mass is 10.2. The van der Waals surface area contributed by atoms with Gasteiger partial charge in [0.25, 0.3) is 15.9 Å². The first-order valence-electron chi connectivity index (χ1n) is 9.10. The molecule has 3 rings (SSSR count). The van der Waals surface area contributed by atoms with Crippen LogP contribution in [0.25, 0.3) is 0 Å². The van der Waals surface area contributed by atoms with Gasteiger partial charge in [0.15, 0.2) is 0 Å². The number of nitrogens with zero attached hydrogens (tertiary/aromatic N) is 1. The van der Waals surface area contributed by atoms with Crippen molar-refractivity contribution in [2.45, 2.75) is 18.4 Å². The van der Waals surface area contributed by atoms with E-state index in [9.17, 15) is 13.2 Å². The monoisotopic (exact) mass is 480 g/mol. The predicted octanol–water partition coefficient (Wildman–Crippen LogP) is 4.84. The zero-order valence-electron chi connectivity index (χ0n) is 16.3. The standard InChI is InChI=1S/C21H18Cl2N2O5S/c1-2-29-13-17-4-3-14(12-24-17)21(26)25-31(27,28)20-7-5-18(6-8-20)30-19-10-15(22)9-16(23)11-19/h3-12H,2,13H2,1H3,(H,25,26). The number of benzene rings is 2. The van der Waals surface area contributed by atoms with Gasteiger partial charge in [-0.05, 0) is 61.5 Å². The third-order valence-electron chi connectivity index (χ3n) is 3.97. The molecule has 0 aliphatic carbocycles. The molecule has 31 heavy (non-hydrogen) atoms. The van der Waals surface area contributed by atoms with Gasteiger partial charge in [-0.15, -0.1) is 0 Å². The zero-order valence-corrected chi connectivity index (χ0v) is 18.7. The van der Waals surface area contributed by atoms with Crippen LogP contribution in [0.1, 0.15) is 23.0 Å². The second kappa shape index (κ2) is 10.1. The van der Waals surface area contributed by atoms with Crippen molar-refractivity contribution in [2.75, 3.05) is 6.61 Å². The minimum Gasteiger partial charge on any atom is -0.457 e. The Labute approximate surface area is 190 Å². The predicted molar refractivity (Wildman–Crippen MR) is 117 cm³/mol. The molecule has 2 aromatic carbocycles. The molecule has 0 unspecified atom stereocenters. The average molecular weight is 481 g/mol. The van der Waals surface area contributed by atoms with Crippen LogP contribution in [0.2, 0.25) is 10.0 Å². The minimum atomic E-state index is -4.08. The van der Waals surface area contributed by atoms with E-state index in [1.165, 1.54) is 36.5 Å². The fourth-order valence-electron chi connectivity index (χ4n) is 2.50. The molecule has 0 fully saturated rings. The van der Waals surface area contributed by atoms with Gasteiger partial charge in [-0.2, -0.15) is 0 Å². The molecule has 1 amide bonds. The summed E-state index contributed by atoms with van der Waals surface area (Å²) in [5.74, 6) is -0.0104. The Morgan fingerprint density at radius 1 is 1.00 bits per heavy atom. The number of pyridine rings is 1. The number of hydrogen-bond acceptors (Lipinski definition) is 6. The SMILES string of the molecule is CCOCc1ccc(C(=O)NS(=O)(=O)c2ccc(Oc3cc(Cl)cc(Cl)c3)cc2)cn1. The number of carbonyl (C=O) groups is 1. The van der Waals surface area contributed by atoms with Gasteiger partial charge in [-0.25, -0.2) is 13.1 Å². The van der Waals surface area contributed by atoms with E-state index in [-0.39, 0.29) is 10.5 Å². The van der Waals surface area contributed by atoms with Gasteiger partial charge in [0.1, 0.15) is 11.5 Å². The highest BCUT2D eigenvalue weighted by atomic mass is 35.5. The number of aromatic nitrogens is 1. The summed E-state index contributed by atoms with van der Waals surface area (Å²) in [6.45, 7) is 2.71. The van der Waals surface area contributed by atoms with Crippen LogP contribution in [0.5, 0.6) is 11.5 Å². The number of halogens is 2. The van der Waals surface area contributed by atoms with Crippen LogP contribution in [0.3, 0.4) is 0 Å². The molecule has 0 saturated carbocycles. The third-order valence-corrected chi connectivity index (χ3v) is 5.76. The van der Waals surface area contributed by atoms with Crippen LogP contribution in [0.15, 0.2) is 65.7 Å². The van der Waals surface area contributed by atoms with Crippen LogP contribution in [-0.2, 0) is 21.4 Å². The van der Waals surface area contributed by atoms with Crippen molar-refractivity contribution < 1.29 is 22.7 Å². The number of amides is 1. The van der Waals surface area contributed by atoms with Crippen molar-refractivity contribution >= 4 is 39.1 Å². The van der Waals surface area contributed by atoms with Crippen LogP contribution in [0.4, 0.5) is 0 Å². The van der Waals surface area contributed by atoms with Crippen LogP contribution < -0.4 is 9.46 Å². The zero-order chi connectivity index (χ0) is 22.4. The highest BCUT2D eigenvalue weighted by molar-refractivity contribution is 7.90. The molecule has 7 nitrogen and oxygen atoms in total. The molecule has 1 aromatic heterocycles. The lowest BCUT2D eigenvalue weighted by Gasteiger charge is -2.09. The second-order valence-corrected chi connectivity index (χ2v) is 8.84. The molecule has 3 aromatic rings. The highest BCUT2D eigenvalue weighted by Gasteiger charge is 2.19. The van der Waals surface area contributed by atoms with Crippen LogP contribution in [-0.4, -0.2) is 25.9 Å². The van der Waals surface area contributed by atoms with E-state index in [1.807, 2.05) is 11.6 Å². The first-order valence-corrected chi connectivity index (χ1v) is 11.3. The quantitative estimate of drug-likeness (QED) is 0.495. The molecule has 1 heterocycles.